The molecule has 3 heterocycles. The SMILES string of the molecule is Cc1cc(C)c(S(=O)(=O)N2CCC(n3c(=O)n(CC(=O)O)c4cccnc43)CC2)c(C)c1. The second-order valence-corrected chi connectivity index (χ2v) is 10.2. The first kappa shape index (κ1) is 22.2. The molecule has 1 N–H and O–H groups in total. The molecule has 1 saturated heterocycles. The van der Waals surface area contributed by atoms with Crippen LogP contribution in [0, 0.1) is 20.8 Å². The fourth-order valence-electron chi connectivity index (χ4n) is 4.77. The first-order valence-electron chi connectivity index (χ1n) is 10.5. The quantitative estimate of drug-likeness (QED) is 0.627. The standard InChI is InChI=1S/C22H26N4O5S/c1-14-11-15(2)20(16(3)12-14)32(30,31)24-9-6-17(7-10-24)26-21-18(5-4-8-23-21)25(22(26)29)13-19(27)28/h4-5,8,11-12,17H,6-7,9-10,13H2,1-3H3,(H,27,28). The Morgan fingerprint density at radius 1 is 1.16 bits per heavy atom. The topological polar surface area (TPSA) is 114 Å². The van der Waals surface area contributed by atoms with Crippen LogP contribution in [0.1, 0.15) is 35.6 Å². The van der Waals surface area contributed by atoms with E-state index in [4.69, 9.17) is 0 Å². The van der Waals surface area contributed by atoms with E-state index in [1.165, 1.54) is 13.4 Å². The summed E-state index contributed by atoms with van der Waals surface area (Å²) < 4.78 is 30.9. The molecule has 0 unspecified atom stereocenters. The minimum Gasteiger partial charge on any atom is -0.480 e. The maximum absolute atomic E-state index is 13.4. The number of pyridine rings is 1. The van der Waals surface area contributed by atoms with Crippen molar-refractivity contribution in [3.8, 4) is 0 Å². The maximum Gasteiger partial charge on any atom is 0.331 e. The van der Waals surface area contributed by atoms with Gasteiger partial charge in [0.05, 0.1) is 10.4 Å². The summed E-state index contributed by atoms with van der Waals surface area (Å²) in [6.45, 7) is 5.64. The zero-order chi connectivity index (χ0) is 23.2. The van der Waals surface area contributed by atoms with Gasteiger partial charge in [0.1, 0.15) is 6.54 Å². The Labute approximate surface area is 186 Å². The summed E-state index contributed by atoms with van der Waals surface area (Å²) in [6.07, 6.45) is 2.43. The highest BCUT2D eigenvalue weighted by atomic mass is 32.2. The molecule has 0 radical (unpaired) electrons. The number of benzene rings is 1. The van der Waals surface area contributed by atoms with E-state index < -0.39 is 28.2 Å². The number of aryl methyl sites for hydroxylation is 3. The molecule has 1 aromatic carbocycles. The second kappa shape index (κ2) is 8.18. The van der Waals surface area contributed by atoms with Gasteiger partial charge in [-0.1, -0.05) is 17.7 Å². The van der Waals surface area contributed by atoms with E-state index in [0.717, 1.165) is 16.7 Å². The fourth-order valence-corrected chi connectivity index (χ4v) is 6.65. The normalized spacial score (nSPS) is 16.0. The molecule has 0 saturated carbocycles. The van der Waals surface area contributed by atoms with Crippen LogP contribution in [0.25, 0.3) is 11.2 Å². The molecule has 10 heteroatoms. The third-order valence-corrected chi connectivity index (χ3v) is 8.21. The van der Waals surface area contributed by atoms with Crippen LogP contribution < -0.4 is 5.69 Å². The van der Waals surface area contributed by atoms with Gasteiger partial charge in [0, 0.05) is 25.3 Å². The number of hydrogen-bond acceptors (Lipinski definition) is 5. The van der Waals surface area contributed by atoms with Gasteiger partial charge in [0.2, 0.25) is 10.0 Å². The van der Waals surface area contributed by atoms with E-state index >= 15 is 0 Å². The third kappa shape index (κ3) is 3.73. The molecular formula is C22H26N4O5S. The number of rotatable bonds is 5. The summed E-state index contributed by atoms with van der Waals surface area (Å²) >= 11 is 0. The number of piperidine rings is 1. The van der Waals surface area contributed by atoms with Crippen molar-refractivity contribution in [3.63, 3.8) is 0 Å². The van der Waals surface area contributed by atoms with Crippen molar-refractivity contribution in [1.82, 2.24) is 18.4 Å². The first-order chi connectivity index (χ1) is 15.1. The van der Waals surface area contributed by atoms with Crippen molar-refractivity contribution < 1.29 is 18.3 Å². The Hall–Kier alpha value is -2.98. The summed E-state index contributed by atoms with van der Waals surface area (Å²) in [6, 6.07) is 6.81. The van der Waals surface area contributed by atoms with Gasteiger partial charge in [-0.15, -0.1) is 0 Å². The van der Waals surface area contributed by atoms with Gasteiger partial charge in [-0.05, 0) is 56.9 Å². The van der Waals surface area contributed by atoms with Crippen LogP contribution in [0.3, 0.4) is 0 Å². The minimum absolute atomic E-state index is 0.262. The number of carboxylic acid groups (broad SMARTS) is 1. The van der Waals surface area contributed by atoms with E-state index in [-0.39, 0.29) is 19.1 Å². The van der Waals surface area contributed by atoms with Crippen molar-refractivity contribution in [2.24, 2.45) is 0 Å². The number of fused-ring (bicyclic) bond motifs is 1. The highest BCUT2D eigenvalue weighted by Gasteiger charge is 2.33. The molecule has 0 amide bonds. The van der Waals surface area contributed by atoms with E-state index in [0.29, 0.717) is 28.9 Å². The van der Waals surface area contributed by atoms with E-state index in [9.17, 15) is 23.1 Å². The number of aliphatic carboxylic acids is 1. The number of sulfonamides is 1. The molecule has 1 aliphatic heterocycles. The zero-order valence-electron chi connectivity index (χ0n) is 18.3. The Bertz CT molecular complexity index is 1340. The molecule has 4 rings (SSSR count). The van der Waals surface area contributed by atoms with Crippen LogP contribution in [0.2, 0.25) is 0 Å². The maximum atomic E-state index is 13.4. The minimum atomic E-state index is -3.66. The van der Waals surface area contributed by atoms with Crippen LogP contribution in [0.15, 0.2) is 40.2 Å². The van der Waals surface area contributed by atoms with E-state index in [2.05, 4.69) is 4.98 Å². The number of imidazole rings is 1. The zero-order valence-corrected chi connectivity index (χ0v) is 19.1. The lowest BCUT2D eigenvalue weighted by atomic mass is 10.1. The van der Waals surface area contributed by atoms with Gasteiger partial charge in [-0.25, -0.2) is 18.2 Å². The van der Waals surface area contributed by atoms with Crippen LogP contribution in [0.5, 0.6) is 0 Å². The molecule has 170 valence electrons. The molecule has 0 aliphatic carbocycles. The summed E-state index contributed by atoms with van der Waals surface area (Å²) in [7, 11) is -3.66. The van der Waals surface area contributed by atoms with Gasteiger partial charge in [-0.2, -0.15) is 4.31 Å². The van der Waals surface area contributed by atoms with E-state index in [1.807, 2.05) is 32.9 Å². The first-order valence-corrected chi connectivity index (χ1v) is 11.9. The number of hydrogen-bond donors (Lipinski definition) is 1. The molecule has 1 aliphatic rings. The second-order valence-electron chi connectivity index (χ2n) is 8.34. The number of carbonyl (C=O) groups is 1. The molecule has 1 fully saturated rings. The lowest BCUT2D eigenvalue weighted by molar-refractivity contribution is -0.137. The molecule has 0 spiro atoms. The molecular weight excluding hydrogens is 432 g/mol. The van der Waals surface area contributed by atoms with Crippen LogP contribution in [-0.4, -0.2) is 51.0 Å². The van der Waals surface area contributed by atoms with Gasteiger partial charge in [0.15, 0.2) is 5.65 Å². The predicted molar refractivity (Wildman–Crippen MR) is 119 cm³/mol. The van der Waals surface area contributed by atoms with Crippen molar-refractivity contribution in [2.75, 3.05) is 13.1 Å². The Morgan fingerprint density at radius 2 is 1.78 bits per heavy atom. The van der Waals surface area contributed by atoms with Gasteiger partial charge in [-0.3, -0.25) is 13.9 Å². The van der Waals surface area contributed by atoms with Gasteiger partial charge in [0.25, 0.3) is 0 Å². The molecule has 0 bridgehead atoms. The fraction of sp³-hybridized carbons (Fsp3) is 0.409. The number of aromatic nitrogens is 3. The Balaban J connectivity index is 1.64. The van der Waals surface area contributed by atoms with E-state index in [1.54, 1.807) is 18.3 Å². The molecule has 3 aromatic rings. The predicted octanol–water partition coefficient (Wildman–Crippen LogP) is 2.23. The number of carboxylic acids is 1. The highest BCUT2D eigenvalue weighted by molar-refractivity contribution is 7.89. The van der Waals surface area contributed by atoms with Crippen molar-refractivity contribution in [2.45, 2.75) is 51.1 Å². The van der Waals surface area contributed by atoms with Crippen LogP contribution >= 0.6 is 0 Å². The highest BCUT2D eigenvalue weighted by Crippen LogP contribution is 2.31. The summed E-state index contributed by atoms with van der Waals surface area (Å²) in [4.78, 5) is 28.9. The summed E-state index contributed by atoms with van der Waals surface area (Å²) in [5.74, 6) is -1.11. The summed E-state index contributed by atoms with van der Waals surface area (Å²) in [5.41, 5.74) is 2.91. The smallest absolute Gasteiger partial charge is 0.331 e. The molecule has 2 aromatic heterocycles. The molecule has 0 atom stereocenters. The Morgan fingerprint density at radius 3 is 2.38 bits per heavy atom. The molecule has 32 heavy (non-hydrogen) atoms. The van der Waals surface area contributed by atoms with Crippen LogP contribution in [0.4, 0.5) is 0 Å². The van der Waals surface area contributed by atoms with Gasteiger partial charge >= 0.3 is 11.7 Å². The summed E-state index contributed by atoms with van der Waals surface area (Å²) in [5, 5.41) is 9.20. The van der Waals surface area contributed by atoms with Crippen molar-refractivity contribution >= 4 is 27.2 Å². The average molecular weight is 459 g/mol. The van der Waals surface area contributed by atoms with Crippen molar-refractivity contribution in [1.29, 1.82) is 0 Å². The van der Waals surface area contributed by atoms with Gasteiger partial charge < -0.3 is 5.11 Å². The third-order valence-electron chi connectivity index (χ3n) is 6.01. The lowest BCUT2D eigenvalue weighted by Crippen LogP contribution is -2.41. The number of nitrogens with zero attached hydrogens (tertiary/aromatic N) is 4. The van der Waals surface area contributed by atoms with Crippen molar-refractivity contribution in [3.05, 3.63) is 57.6 Å². The molecule has 9 nitrogen and oxygen atoms in total. The largest absolute Gasteiger partial charge is 0.480 e. The lowest BCUT2D eigenvalue weighted by Gasteiger charge is -2.32. The average Bonchev–Trinajstić information content (AvgIpc) is 2.98. The Kier molecular flexibility index (Phi) is 5.68. The van der Waals surface area contributed by atoms with Crippen LogP contribution in [-0.2, 0) is 21.4 Å². The monoisotopic (exact) mass is 458 g/mol.